The molecular formula is C22H25N5O3. The van der Waals surface area contributed by atoms with Crippen LogP contribution >= 0.6 is 0 Å². The number of pyridine rings is 1. The van der Waals surface area contributed by atoms with Crippen molar-refractivity contribution in [3.8, 4) is 5.88 Å². The van der Waals surface area contributed by atoms with Gasteiger partial charge in [0.25, 0.3) is 5.91 Å². The molecule has 1 aliphatic rings. The Balaban J connectivity index is 1.56. The number of carbonyl (C=O) groups is 1. The van der Waals surface area contributed by atoms with Gasteiger partial charge < -0.3 is 14.2 Å². The Hall–Kier alpha value is -3.26. The van der Waals surface area contributed by atoms with Crippen LogP contribution < -0.4 is 4.74 Å². The Morgan fingerprint density at radius 3 is 2.67 bits per heavy atom. The van der Waals surface area contributed by atoms with E-state index in [1.807, 2.05) is 53.4 Å². The summed E-state index contributed by atoms with van der Waals surface area (Å²) in [5, 5.41) is 3.93. The maximum absolute atomic E-state index is 13.3. The van der Waals surface area contributed by atoms with Crippen LogP contribution in [0.25, 0.3) is 0 Å². The van der Waals surface area contributed by atoms with Crippen LogP contribution in [-0.4, -0.2) is 57.6 Å². The van der Waals surface area contributed by atoms with Crippen molar-refractivity contribution in [1.82, 2.24) is 24.9 Å². The minimum Gasteiger partial charge on any atom is -0.481 e. The van der Waals surface area contributed by atoms with Gasteiger partial charge in [0.15, 0.2) is 5.82 Å². The van der Waals surface area contributed by atoms with Crippen LogP contribution in [0.1, 0.15) is 40.2 Å². The van der Waals surface area contributed by atoms with E-state index in [1.165, 1.54) is 0 Å². The fourth-order valence-electron chi connectivity index (χ4n) is 3.72. The SMILES string of the molecule is COc1cccc(CN2CCC(c3nc(C)no3)N(C(=O)c3ccccc3)CC2)n1. The maximum Gasteiger partial charge on any atom is 0.254 e. The van der Waals surface area contributed by atoms with Gasteiger partial charge in [-0.3, -0.25) is 9.69 Å². The summed E-state index contributed by atoms with van der Waals surface area (Å²) in [5.41, 5.74) is 1.59. The molecule has 156 valence electrons. The lowest BCUT2D eigenvalue weighted by atomic mass is 10.1. The van der Waals surface area contributed by atoms with E-state index >= 15 is 0 Å². The van der Waals surface area contributed by atoms with Crippen LogP contribution in [0.15, 0.2) is 53.1 Å². The molecule has 0 aliphatic carbocycles. The summed E-state index contributed by atoms with van der Waals surface area (Å²) >= 11 is 0. The molecule has 2 aromatic heterocycles. The van der Waals surface area contributed by atoms with Crippen molar-refractivity contribution < 1.29 is 14.1 Å². The number of methoxy groups -OCH3 is 1. The molecule has 1 unspecified atom stereocenters. The number of amides is 1. The van der Waals surface area contributed by atoms with Crippen LogP contribution in [0.4, 0.5) is 0 Å². The second-order valence-electron chi connectivity index (χ2n) is 7.30. The predicted molar refractivity (Wildman–Crippen MR) is 110 cm³/mol. The van der Waals surface area contributed by atoms with Crippen LogP contribution in [0, 0.1) is 6.92 Å². The molecule has 1 saturated heterocycles. The molecule has 30 heavy (non-hydrogen) atoms. The zero-order valence-corrected chi connectivity index (χ0v) is 17.2. The number of carbonyl (C=O) groups excluding carboxylic acids is 1. The van der Waals surface area contributed by atoms with Crippen molar-refractivity contribution >= 4 is 5.91 Å². The highest BCUT2D eigenvalue weighted by atomic mass is 16.5. The molecule has 0 bridgehead atoms. The van der Waals surface area contributed by atoms with Gasteiger partial charge in [-0.25, -0.2) is 4.98 Å². The second-order valence-corrected chi connectivity index (χ2v) is 7.30. The highest BCUT2D eigenvalue weighted by Crippen LogP contribution is 2.28. The first-order chi connectivity index (χ1) is 14.6. The number of rotatable bonds is 5. The summed E-state index contributed by atoms with van der Waals surface area (Å²) in [7, 11) is 1.61. The Morgan fingerprint density at radius 2 is 1.93 bits per heavy atom. The predicted octanol–water partition coefficient (Wildman–Crippen LogP) is 2.87. The van der Waals surface area contributed by atoms with Crippen LogP contribution in [-0.2, 0) is 6.54 Å². The first kappa shape index (κ1) is 20.0. The molecular weight excluding hydrogens is 382 g/mol. The van der Waals surface area contributed by atoms with E-state index in [-0.39, 0.29) is 11.9 Å². The van der Waals surface area contributed by atoms with Crippen molar-refractivity contribution in [1.29, 1.82) is 0 Å². The standard InChI is InChI=1S/C22H25N5O3/c1-16-23-21(30-25-16)19-11-12-26(15-18-9-6-10-20(24-18)29-2)13-14-27(19)22(28)17-7-4-3-5-8-17/h3-10,19H,11-15H2,1-2H3. The zero-order chi connectivity index (χ0) is 20.9. The van der Waals surface area contributed by atoms with Gasteiger partial charge in [-0.1, -0.05) is 29.4 Å². The van der Waals surface area contributed by atoms with Gasteiger partial charge in [0, 0.05) is 37.8 Å². The van der Waals surface area contributed by atoms with Gasteiger partial charge in [-0.05, 0) is 31.5 Å². The molecule has 0 radical (unpaired) electrons. The molecule has 0 saturated carbocycles. The fraction of sp³-hybridized carbons (Fsp3) is 0.364. The number of hydrogen-bond acceptors (Lipinski definition) is 7. The number of aromatic nitrogens is 3. The summed E-state index contributed by atoms with van der Waals surface area (Å²) in [6.45, 7) is 4.53. The Morgan fingerprint density at radius 1 is 1.10 bits per heavy atom. The average molecular weight is 407 g/mol. The molecule has 4 rings (SSSR count). The monoisotopic (exact) mass is 407 g/mol. The molecule has 8 heteroatoms. The lowest BCUT2D eigenvalue weighted by molar-refractivity contribution is 0.0650. The van der Waals surface area contributed by atoms with Crippen molar-refractivity contribution in [3.05, 3.63) is 71.5 Å². The number of hydrogen-bond donors (Lipinski definition) is 0. The number of ether oxygens (including phenoxy) is 1. The van der Waals surface area contributed by atoms with Gasteiger partial charge in [-0.15, -0.1) is 0 Å². The highest BCUT2D eigenvalue weighted by Gasteiger charge is 2.33. The Bertz CT molecular complexity index is 991. The average Bonchev–Trinajstić information content (AvgIpc) is 3.10. The Kier molecular flexibility index (Phi) is 6.04. The largest absolute Gasteiger partial charge is 0.481 e. The molecule has 3 aromatic rings. The maximum atomic E-state index is 13.3. The van der Waals surface area contributed by atoms with E-state index in [0.717, 1.165) is 18.8 Å². The summed E-state index contributed by atoms with van der Waals surface area (Å²) in [5.74, 6) is 1.62. The van der Waals surface area contributed by atoms with E-state index < -0.39 is 0 Å². The first-order valence-electron chi connectivity index (χ1n) is 10.0. The molecule has 3 heterocycles. The van der Waals surface area contributed by atoms with Crippen molar-refractivity contribution in [3.63, 3.8) is 0 Å². The van der Waals surface area contributed by atoms with E-state index in [0.29, 0.717) is 42.7 Å². The van der Waals surface area contributed by atoms with Crippen LogP contribution in [0.3, 0.4) is 0 Å². The summed E-state index contributed by atoms with van der Waals surface area (Å²) in [4.78, 5) is 26.3. The first-order valence-corrected chi connectivity index (χ1v) is 10.0. The zero-order valence-electron chi connectivity index (χ0n) is 17.2. The molecule has 1 aliphatic heterocycles. The summed E-state index contributed by atoms with van der Waals surface area (Å²) in [6.07, 6.45) is 0.699. The van der Waals surface area contributed by atoms with Gasteiger partial charge in [0.1, 0.15) is 6.04 Å². The smallest absolute Gasteiger partial charge is 0.254 e. The minimum absolute atomic E-state index is 0.0298. The topological polar surface area (TPSA) is 84.6 Å². The van der Waals surface area contributed by atoms with E-state index in [9.17, 15) is 4.79 Å². The third-order valence-electron chi connectivity index (χ3n) is 5.24. The summed E-state index contributed by atoms with van der Waals surface area (Å²) in [6, 6.07) is 14.8. The number of benzene rings is 1. The summed E-state index contributed by atoms with van der Waals surface area (Å²) < 4.78 is 10.7. The van der Waals surface area contributed by atoms with Gasteiger partial charge in [0.05, 0.1) is 12.8 Å². The molecule has 1 atom stereocenters. The molecule has 1 amide bonds. The fourth-order valence-corrected chi connectivity index (χ4v) is 3.72. The lowest BCUT2D eigenvalue weighted by Gasteiger charge is -2.27. The van der Waals surface area contributed by atoms with Crippen LogP contribution in [0.2, 0.25) is 0 Å². The van der Waals surface area contributed by atoms with E-state index in [1.54, 1.807) is 14.0 Å². The Labute approximate surface area is 175 Å². The third kappa shape index (κ3) is 4.49. The van der Waals surface area contributed by atoms with Gasteiger partial charge >= 0.3 is 0 Å². The molecule has 1 fully saturated rings. The van der Waals surface area contributed by atoms with Crippen molar-refractivity contribution in [2.45, 2.75) is 25.9 Å². The van der Waals surface area contributed by atoms with Crippen molar-refractivity contribution in [2.24, 2.45) is 0 Å². The molecule has 8 nitrogen and oxygen atoms in total. The molecule has 0 N–H and O–H groups in total. The molecule has 1 aromatic carbocycles. The van der Waals surface area contributed by atoms with E-state index in [4.69, 9.17) is 9.26 Å². The number of aryl methyl sites for hydroxylation is 1. The second kappa shape index (κ2) is 9.04. The number of nitrogens with zero attached hydrogens (tertiary/aromatic N) is 5. The van der Waals surface area contributed by atoms with Crippen molar-refractivity contribution in [2.75, 3.05) is 26.7 Å². The van der Waals surface area contributed by atoms with Gasteiger partial charge in [-0.2, -0.15) is 4.98 Å². The van der Waals surface area contributed by atoms with Gasteiger partial charge in [0.2, 0.25) is 11.8 Å². The lowest BCUT2D eigenvalue weighted by Crippen LogP contribution is -2.37. The van der Waals surface area contributed by atoms with Crippen LogP contribution in [0.5, 0.6) is 5.88 Å². The quantitative estimate of drug-likeness (QED) is 0.643. The third-order valence-corrected chi connectivity index (χ3v) is 5.24. The minimum atomic E-state index is -0.262. The normalized spacial score (nSPS) is 17.5. The van der Waals surface area contributed by atoms with E-state index in [2.05, 4.69) is 20.0 Å². The molecule has 0 spiro atoms. The highest BCUT2D eigenvalue weighted by molar-refractivity contribution is 5.94.